The van der Waals surface area contributed by atoms with E-state index in [-0.39, 0.29) is 0 Å². The van der Waals surface area contributed by atoms with E-state index in [4.69, 9.17) is 0 Å². The maximum absolute atomic E-state index is 2.45. The Morgan fingerprint density at radius 1 is 0.203 bits per heavy atom. The molecule has 0 aliphatic carbocycles. The van der Waals surface area contributed by atoms with Crippen molar-refractivity contribution in [3.63, 3.8) is 0 Å². The molecule has 0 N–H and O–H groups in total. The summed E-state index contributed by atoms with van der Waals surface area (Å²) in [6.45, 7) is 0. The van der Waals surface area contributed by atoms with Gasteiger partial charge in [-0.05, 0) is 130 Å². The van der Waals surface area contributed by atoms with Crippen LogP contribution in [0.15, 0.2) is 285 Å². The summed E-state index contributed by atoms with van der Waals surface area (Å²) in [5.41, 5.74) is 20.1. The van der Waals surface area contributed by atoms with Crippen molar-refractivity contribution in [2.24, 2.45) is 0 Å². The van der Waals surface area contributed by atoms with Crippen molar-refractivity contribution in [1.29, 1.82) is 0 Å². The first-order valence-corrected chi connectivity index (χ1v) is 23.7. The molecule has 0 saturated heterocycles. The molecule has 1 heteroatoms. The van der Waals surface area contributed by atoms with Crippen LogP contribution in [0.5, 0.6) is 0 Å². The molecule has 0 radical (unpaired) electrons. The number of rotatable bonds is 10. The highest BCUT2D eigenvalue weighted by atomic mass is 15.1. The van der Waals surface area contributed by atoms with Crippen LogP contribution in [0, 0.1) is 0 Å². The topological polar surface area (TPSA) is 3.24 Å². The quantitative estimate of drug-likeness (QED) is 0.124. The first-order valence-electron chi connectivity index (χ1n) is 23.7. The second kappa shape index (κ2) is 18.3. The van der Waals surface area contributed by atoms with E-state index >= 15 is 0 Å². The van der Waals surface area contributed by atoms with Gasteiger partial charge in [-0.1, -0.05) is 249 Å². The number of nitrogens with zero attached hydrogens (tertiary/aromatic N) is 1. The molecule has 0 atom stereocenters. The first kappa shape index (κ1) is 41.4. The Morgan fingerprint density at radius 2 is 0.551 bits per heavy atom. The molecular formula is C68H47N. The smallest absolute Gasteiger partial charge is 0.0546 e. The summed E-state index contributed by atoms with van der Waals surface area (Å²) >= 11 is 0. The largest absolute Gasteiger partial charge is 0.310 e. The third-order valence-corrected chi connectivity index (χ3v) is 13.5. The Balaban J connectivity index is 1.03. The van der Waals surface area contributed by atoms with Gasteiger partial charge in [-0.15, -0.1) is 0 Å². The Hall–Kier alpha value is -9.04. The molecule has 1 nitrogen and oxygen atoms in total. The van der Waals surface area contributed by atoms with Crippen LogP contribution in [0.4, 0.5) is 17.1 Å². The summed E-state index contributed by atoms with van der Waals surface area (Å²) < 4.78 is 0. The molecule has 0 aliphatic heterocycles. The Morgan fingerprint density at radius 3 is 1.06 bits per heavy atom. The molecule has 0 fully saturated rings. The number of hydrogen-bond acceptors (Lipinski definition) is 1. The van der Waals surface area contributed by atoms with Gasteiger partial charge in [0.05, 0.1) is 5.69 Å². The maximum Gasteiger partial charge on any atom is 0.0546 e. The van der Waals surface area contributed by atoms with Gasteiger partial charge in [-0.2, -0.15) is 0 Å². The summed E-state index contributed by atoms with van der Waals surface area (Å²) in [6.07, 6.45) is 0. The predicted octanol–water partition coefficient (Wildman–Crippen LogP) is 19.1. The van der Waals surface area contributed by atoms with Crippen molar-refractivity contribution < 1.29 is 0 Å². The summed E-state index contributed by atoms with van der Waals surface area (Å²) in [7, 11) is 0. The van der Waals surface area contributed by atoms with Crippen molar-refractivity contribution >= 4 is 38.6 Å². The lowest BCUT2D eigenvalue weighted by Crippen LogP contribution is -2.11. The number of benzene rings is 12. The van der Waals surface area contributed by atoms with E-state index in [0.29, 0.717) is 0 Å². The summed E-state index contributed by atoms with van der Waals surface area (Å²) in [5, 5.41) is 4.85. The SMILES string of the molecule is c1ccc(-c2ccc(-c3ccc(N(c4ccc(-c5ccc(-c6ccccc6)c(-c6ccccc6)c5)cc4)c4cccc5c(-c6ccccc6)c(-c6ccccc6)c6ccccc6c45)cc3)cc2)cc1. The van der Waals surface area contributed by atoms with Gasteiger partial charge >= 0.3 is 0 Å². The van der Waals surface area contributed by atoms with E-state index in [1.54, 1.807) is 0 Å². The van der Waals surface area contributed by atoms with Gasteiger partial charge in [0.25, 0.3) is 0 Å². The molecule has 12 aromatic rings. The van der Waals surface area contributed by atoms with E-state index in [1.807, 2.05) is 0 Å². The minimum atomic E-state index is 1.08. The molecule has 12 rings (SSSR count). The molecule has 0 heterocycles. The third kappa shape index (κ3) is 7.97. The number of fused-ring (bicyclic) bond motifs is 3. The van der Waals surface area contributed by atoms with Crippen LogP contribution >= 0.6 is 0 Å². The molecule has 0 amide bonds. The van der Waals surface area contributed by atoms with Crippen molar-refractivity contribution in [2.45, 2.75) is 0 Å². The van der Waals surface area contributed by atoms with Crippen LogP contribution in [0.3, 0.4) is 0 Å². The summed E-state index contributed by atoms with van der Waals surface area (Å²) in [4.78, 5) is 2.45. The predicted molar refractivity (Wildman–Crippen MR) is 294 cm³/mol. The monoisotopic (exact) mass is 877 g/mol. The van der Waals surface area contributed by atoms with Crippen molar-refractivity contribution in [2.75, 3.05) is 4.90 Å². The Kier molecular flexibility index (Phi) is 11.0. The first-order chi connectivity index (χ1) is 34.2. The average Bonchev–Trinajstić information content (AvgIpc) is 3.44. The lowest BCUT2D eigenvalue weighted by Gasteiger charge is -2.29. The third-order valence-electron chi connectivity index (χ3n) is 13.5. The van der Waals surface area contributed by atoms with E-state index in [1.165, 1.54) is 93.9 Å². The van der Waals surface area contributed by atoms with Crippen LogP contribution in [-0.2, 0) is 0 Å². The molecule has 0 bridgehead atoms. The van der Waals surface area contributed by atoms with Crippen molar-refractivity contribution in [3.05, 3.63) is 285 Å². The highest BCUT2D eigenvalue weighted by Crippen LogP contribution is 2.50. The van der Waals surface area contributed by atoms with E-state index in [0.717, 1.165) is 22.6 Å². The minimum absolute atomic E-state index is 1.08. The van der Waals surface area contributed by atoms with Gasteiger partial charge in [0.2, 0.25) is 0 Å². The van der Waals surface area contributed by atoms with Crippen LogP contribution in [0.2, 0.25) is 0 Å². The highest BCUT2D eigenvalue weighted by Gasteiger charge is 2.23. The summed E-state index contributed by atoms with van der Waals surface area (Å²) in [6, 6.07) is 104. The molecule has 0 unspecified atom stereocenters. The molecule has 0 saturated carbocycles. The molecule has 12 aromatic carbocycles. The van der Waals surface area contributed by atoms with Gasteiger partial charge < -0.3 is 4.90 Å². The molecule has 324 valence electrons. The fourth-order valence-electron chi connectivity index (χ4n) is 10.2. The Labute approximate surface area is 404 Å². The normalized spacial score (nSPS) is 11.2. The second-order valence-electron chi connectivity index (χ2n) is 17.6. The molecule has 69 heavy (non-hydrogen) atoms. The lowest BCUT2D eigenvalue weighted by molar-refractivity contribution is 1.30. The van der Waals surface area contributed by atoms with E-state index < -0.39 is 0 Å². The number of anilines is 3. The highest BCUT2D eigenvalue weighted by molar-refractivity contribution is 6.25. The lowest BCUT2D eigenvalue weighted by atomic mass is 9.84. The average molecular weight is 878 g/mol. The van der Waals surface area contributed by atoms with Crippen LogP contribution < -0.4 is 4.90 Å². The van der Waals surface area contributed by atoms with Crippen molar-refractivity contribution in [3.8, 4) is 77.9 Å². The van der Waals surface area contributed by atoms with Gasteiger partial charge in [-0.3, -0.25) is 0 Å². The van der Waals surface area contributed by atoms with Gasteiger partial charge in [0, 0.05) is 16.8 Å². The number of hydrogen-bond donors (Lipinski definition) is 0. The molecular weight excluding hydrogens is 831 g/mol. The Bertz CT molecular complexity index is 3700. The van der Waals surface area contributed by atoms with Gasteiger partial charge in [0.15, 0.2) is 0 Å². The molecule has 0 spiro atoms. The maximum atomic E-state index is 2.45. The van der Waals surface area contributed by atoms with E-state index in [9.17, 15) is 0 Å². The van der Waals surface area contributed by atoms with Crippen LogP contribution in [0.25, 0.3) is 99.4 Å². The minimum Gasteiger partial charge on any atom is -0.310 e. The zero-order valence-corrected chi connectivity index (χ0v) is 38.1. The fourth-order valence-corrected chi connectivity index (χ4v) is 10.2. The van der Waals surface area contributed by atoms with Gasteiger partial charge in [-0.25, -0.2) is 0 Å². The van der Waals surface area contributed by atoms with Crippen LogP contribution in [0.1, 0.15) is 0 Å². The van der Waals surface area contributed by atoms with Crippen molar-refractivity contribution in [1.82, 2.24) is 0 Å². The van der Waals surface area contributed by atoms with E-state index in [2.05, 4.69) is 290 Å². The zero-order valence-electron chi connectivity index (χ0n) is 38.1. The fraction of sp³-hybridized carbons (Fsp3) is 0. The standard InChI is InChI=1S/C68H47N/c1-6-19-48(20-7-1)49-33-35-50(36-34-49)51-37-42-58(43-38-51)69(59-44-39-52(40-45-59)57-41-46-60(53-21-8-2-9-22-53)64(47-57)54-23-10-3-11-24-54)65-32-18-31-63-67(56-27-14-5-15-28-56)66(55-25-12-4-13-26-55)61-29-16-17-30-62(61)68(63)65/h1-47H. The molecule has 0 aromatic heterocycles. The van der Waals surface area contributed by atoms with Gasteiger partial charge in [0.1, 0.15) is 0 Å². The second-order valence-corrected chi connectivity index (χ2v) is 17.6. The zero-order chi connectivity index (χ0) is 45.9. The van der Waals surface area contributed by atoms with Crippen LogP contribution in [-0.4, -0.2) is 0 Å². The summed E-state index contributed by atoms with van der Waals surface area (Å²) in [5.74, 6) is 0. The molecule has 0 aliphatic rings.